The van der Waals surface area contributed by atoms with Crippen LogP contribution in [-0.2, 0) is 0 Å². The van der Waals surface area contributed by atoms with Crippen molar-refractivity contribution in [1.29, 1.82) is 0 Å². The zero-order valence-electron chi connectivity index (χ0n) is 10.2. The largest absolute Gasteiger partial charge is 0.319 e. The van der Waals surface area contributed by atoms with Gasteiger partial charge in [0.1, 0.15) is 0 Å². The molecule has 15 heavy (non-hydrogen) atoms. The summed E-state index contributed by atoms with van der Waals surface area (Å²) in [6.45, 7) is 3.35. The highest BCUT2D eigenvalue weighted by atomic mass is 32.1. The second kappa shape index (κ2) is 6.26. The van der Waals surface area contributed by atoms with E-state index in [1.807, 2.05) is 18.4 Å². The molecule has 2 nitrogen and oxygen atoms in total. The van der Waals surface area contributed by atoms with E-state index < -0.39 is 0 Å². The maximum absolute atomic E-state index is 3.29. The van der Waals surface area contributed by atoms with Crippen molar-refractivity contribution >= 4 is 11.3 Å². The molecule has 1 aromatic rings. The third-order valence-electron chi connectivity index (χ3n) is 2.83. The van der Waals surface area contributed by atoms with E-state index in [4.69, 9.17) is 0 Å². The molecule has 3 heteroatoms. The molecule has 0 aliphatic heterocycles. The molecular formula is C12H22N2S. The van der Waals surface area contributed by atoms with Gasteiger partial charge in [-0.3, -0.25) is 0 Å². The molecule has 1 N–H and O–H groups in total. The van der Waals surface area contributed by atoms with Crippen LogP contribution < -0.4 is 5.32 Å². The first-order chi connectivity index (χ1) is 7.20. The third-order valence-corrected chi connectivity index (χ3v) is 3.77. The molecular weight excluding hydrogens is 204 g/mol. The first-order valence-electron chi connectivity index (χ1n) is 5.55. The minimum atomic E-state index is 0.544. The van der Waals surface area contributed by atoms with Gasteiger partial charge in [0.05, 0.1) is 0 Å². The van der Waals surface area contributed by atoms with Crippen molar-refractivity contribution in [3.8, 4) is 0 Å². The van der Waals surface area contributed by atoms with Gasteiger partial charge in [0, 0.05) is 10.9 Å². The Morgan fingerprint density at radius 3 is 2.60 bits per heavy atom. The van der Waals surface area contributed by atoms with Crippen molar-refractivity contribution in [1.82, 2.24) is 10.2 Å². The number of nitrogens with one attached hydrogen (secondary N) is 1. The number of hydrogen-bond acceptors (Lipinski definition) is 3. The first-order valence-corrected chi connectivity index (χ1v) is 6.43. The summed E-state index contributed by atoms with van der Waals surface area (Å²) in [5.41, 5.74) is 0. The second-order valence-electron chi connectivity index (χ2n) is 4.15. The highest BCUT2D eigenvalue weighted by Crippen LogP contribution is 2.31. The molecule has 0 radical (unpaired) electrons. The standard InChI is InChI=1S/C12H22N2S/c1-5-10(9-13-2)12(14(3)4)11-7-6-8-15-11/h6-8,10,12-13H,5,9H2,1-4H3. The molecule has 0 fully saturated rings. The first kappa shape index (κ1) is 12.7. The van der Waals surface area contributed by atoms with Gasteiger partial charge in [-0.25, -0.2) is 0 Å². The summed E-state index contributed by atoms with van der Waals surface area (Å²) in [6, 6.07) is 4.93. The predicted molar refractivity (Wildman–Crippen MR) is 68.5 cm³/mol. The molecule has 1 heterocycles. The predicted octanol–water partition coefficient (Wildman–Crippen LogP) is 2.60. The Kier molecular flexibility index (Phi) is 5.29. The van der Waals surface area contributed by atoms with Gasteiger partial charge in [-0.05, 0) is 45.1 Å². The van der Waals surface area contributed by atoms with Gasteiger partial charge >= 0.3 is 0 Å². The maximum Gasteiger partial charge on any atom is 0.0475 e. The van der Waals surface area contributed by atoms with Crippen LogP contribution in [0.4, 0.5) is 0 Å². The van der Waals surface area contributed by atoms with Crippen LogP contribution in [0.2, 0.25) is 0 Å². The smallest absolute Gasteiger partial charge is 0.0475 e. The van der Waals surface area contributed by atoms with Crippen LogP contribution in [0.15, 0.2) is 17.5 Å². The molecule has 0 aromatic carbocycles. The summed E-state index contributed by atoms with van der Waals surface area (Å²) >= 11 is 1.86. The molecule has 0 saturated carbocycles. The van der Waals surface area contributed by atoms with Crippen LogP contribution in [0.25, 0.3) is 0 Å². The second-order valence-corrected chi connectivity index (χ2v) is 5.13. The molecule has 0 aliphatic rings. The normalized spacial score (nSPS) is 15.5. The van der Waals surface area contributed by atoms with Gasteiger partial charge in [0.2, 0.25) is 0 Å². The Hall–Kier alpha value is -0.380. The summed E-state index contributed by atoms with van der Waals surface area (Å²) in [5.74, 6) is 0.684. The Balaban J connectivity index is 2.81. The highest BCUT2D eigenvalue weighted by Gasteiger charge is 2.23. The van der Waals surface area contributed by atoms with Crippen LogP contribution >= 0.6 is 11.3 Å². The zero-order valence-corrected chi connectivity index (χ0v) is 11.0. The van der Waals surface area contributed by atoms with E-state index in [0.717, 1.165) is 6.54 Å². The number of nitrogens with zero attached hydrogens (tertiary/aromatic N) is 1. The van der Waals surface area contributed by atoms with Crippen LogP contribution in [0.3, 0.4) is 0 Å². The summed E-state index contributed by atoms with van der Waals surface area (Å²) < 4.78 is 0. The van der Waals surface area contributed by atoms with Crippen LogP contribution in [0.1, 0.15) is 24.3 Å². The molecule has 0 amide bonds. The van der Waals surface area contributed by atoms with Gasteiger partial charge in [-0.15, -0.1) is 11.3 Å². The van der Waals surface area contributed by atoms with Crippen LogP contribution in [0.5, 0.6) is 0 Å². The summed E-state index contributed by atoms with van der Waals surface area (Å²) in [5, 5.41) is 5.46. The summed E-state index contributed by atoms with van der Waals surface area (Å²) in [4.78, 5) is 3.80. The quantitative estimate of drug-likeness (QED) is 0.802. The fraction of sp³-hybridized carbons (Fsp3) is 0.667. The van der Waals surface area contributed by atoms with E-state index >= 15 is 0 Å². The topological polar surface area (TPSA) is 15.3 Å². The van der Waals surface area contributed by atoms with Crippen molar-refractivity contribution in [2.24, 2.45) is 5.92 Å². The third kappa shape index (κ3) is 3.30. The minimum Gasteiger partial charge on any atom is -0.319 e. The van der Waals surface area contributed by atoms with Gasteiger partial charge in [-0.2, -0.15) is 0 Å². The lowest BCUT2D eigenvalue weighted by Crippen LogP contribution is -2.32. The molecule has 0 saturated heterocycles. The van der Waals surface area contributed by atoms with Crippen molar-refractivity contribution in [2.45, 2.75) is 19.4 Å². The maximum atomic E-state index is 3.29. The summed E-state index contributed by atoms with van der Waals surface area (Å²) in [6.07, 6.45) is 1.21. The molecule has 0 aliphatic carbocycles. The Morgan fingerprint density at radius 1 is 1.47 bits per heavy atom. The summed E-state index contributed by atoms with van der Waals surface area (Å²) in [7, 11) is 6.37. The molecule has 1 rings (SSSR count). The molecule has 2 atom stereocenters. The van der Waals surface area contributed by atoms with E-state index in [9.17, 15) is 0 Å². The van der Waals surface area contributed by atoms with Gasteiger partial charge < -0.3 is 10.2 Å². The fourth-order valence-corrected chi connectivity index (χ4v) is 3.12. The van der Waals surface area contributed by atoms with Gasteiger partial charge in [0.15, 0.2) is 0 Å². The van der Waals surface area contributed by atoms with E-state index in [1.165, 1.54) is 11.3 Å². The van der Waals surface area contributed by atoms with Crippen molar-refractivity contribution in [2.75, 3.05) is 27.7 Å². The average Bonchev–Trinajstić information content (AvgIpc) is 2.69. The lowest BCUT2D eigenvalue weighted by molar-refractivity contribution is 0.208. The Morgan fingerprint density at radius 2 is 2.20 bits per heavy atom. The lowest BCUT2D eigenvalue weighted by atomic mass is 9.94. The van der Waals surface area contributed by atoms with Crippen LogP contribution in [-0.4, -0.2) is 32.6 Å². The lowest BCUT2D eigenvalue weighted by Gasteiger charge is -2.31. The van der Waals surface area contributed by atoms with E-state index in [0.29, 0.717) is 12.0 Å². The molecule has 2 unspecified atom stereocenters. The molecule has 1 aromatic heterocycles. The van der Waals surface area contributed by atoms with E-state index in [-0.39, 0.29) is 0 Å². The SMILES string of the molecule is CCC(CNC)C(c1cccs1)N(C)C. The zero-order chi connectivity index (χ0) is 11.3. The number of thiophene rings is 1. The van der Waals surface area contributed by atoms with Crippen molar-refractivity contribution in [3.05, 3.63) is 22.4 Å². The number of hydrogen-bond donors (Lipinski definition) is 1. The Labute approximate surface area is 97.3 Å². The van der Waals surface area contributed by atoms with E-state index in [1.54, 1.807) is 0 Å². The minimum absolute atomic E-state index is 0.544. The van der Waals surface area contributed by atoms with E-state index in [2.05, 4.69) is 48.7 Å². The molecule has 0 bridgehead atoms. The molecule has 86 valence electrons. The number of rotatable bonds is 6. The van der Waals surface area contributed by atoms with Gasteiger partial charge in [-0.1, -0.05) is 19.4 Å². The van der Waals surface area contributed by atoms with Crippen LogP contribution in [0, 0.1) is 5.92 Å². The Bertz CT molecular complexity index is 257. The highest BCUT2D eigenvalue weighted by molar-refractivity contribution is 7.10. The molecule has 0 spiro atoms. The fourth-order valence-electron chi connectivity index (χ4n) is 2.11. The van der Waals surface area contributed by atoms with Crippen molar-refractivity contribution in [3.63, 3.8) is 0 Å². The monoisotopic (exact) mass is 226 g/mol. The average molecular weight is 226 g/mol. The van der Waals surface area contributed by atoms with Gasteiger partial charge in [0.25, 0.3) is 0 Å². The van der Waals surface area contributed by atoms with Crippen molar-refractivity contribution < 1.29 is 0 Å².